The van der Waals surface area contributed by atoms with Gasteiger partial charge in [-0.1, -0.05) is 25.5 Å². The molecule has 0 heterocycles. The Morgan fingerprint density at radius 1 is 1.38 bits per heavy atom. The van der Waals surface area contributed by atoms with Crippen LogP contribution in [0.3, 0.4) is 0 Å². The maximum atomic E-state index is 4.80. The molecule has 0 aromatic rings. The lowest BCUT2D eigenvalue weighted by molar-refractivity contribution is 0.233. The summed E-state index contributed by atoms with van der Waals surface area (Å²) < 4.78 is 4.80. The molecule has 0 N–H and O–H groups in total. The van der Waals surface area contributed by atoms with E-state index in [9.17, 15) is 0 Å². The normalized spacial score (nSPS) is 10.8. The van der Waals surface area contributed by atoms with Crippen molar-refractivity contribution in [1.82, 2.24) is 0 Å². The van der Waals surface area contributed by atoms with E-state index < -0.39 is 0 Å². The molecule has 0 aromatic heterocycles. The highest BCUT2D eigenvalue weighted by molar-refractivity contribution is 4.80. The predicted octanol–water partition coefficient (Wildman–Crippen LogP) is 1.99. The second-order valence-electron chi connectivity index (χ2n) is 1.72. The van der Waals surface area contributed by atoms with Crippen LogP contribution in [0, 0.1) is 0 Å². The van der Waals surface area contributed by atoms with Gasteiger partial charge in [-0.2, -0.15) is 0 Å². The van der Waals surface area contributed by atoms with Gasteiger partial charge in [0, 0.05) is 7.11 Å². The number of ether oxygens (including phenoxy) is 1. The SMILES string of the molecule is CCC/C=C\COC. The van der Waals surface area contributed by atoms with Crippen LogP contribution in [0.25, 0.3) is 0 Å². The summed E-state index contributed by atoms with van der Waals surface area (Å²) in [5.41, 5.74) is 0. The zero-order chi connectivity index (χ0) is 6.24. The second-order valence-corrected chi connectivity index (χ2v) is 1.72. The molecular weight excluding hydrogens is 100 g/mol. The molecule has 0 rings (SSSR count). The number of rotatable bonds is 4. The first-order valence-corrected chi connectivity index (χ1v) is 3.05. The number of allylic oxidation sites excluding steroid dienone is 1. The Labute approximate surface area is 51.4 Å². The van der Waals surface area contributed by atoms with Crippen molar-refractivity contribution in [1.29, 1.82) is 0 Å². The Morgan fingerprint density at radius 3 is 2.62 bits per heavy atom. The summed E-state index contributed by atoms with van der Waals surface area (Å²) in [6.45, 7) is 2.91. The molecule has 8 heavy (non-hydrogen) atoms. The molecule has 0 aliphatic carbocycles. The molecule has 0 aliphatic rings. The fourth-order valence-electron chi connectivity index (χ4n) is 0.449. The predicted molar refractivity (Wildman–Crippen MR) is 35.9 cm³/mol. The van der Waals surface area contributed by atoms with Gasteiger partial charge >= 0.3 is 0 Å². The van der Waals surface area contributed by atoms with Crippen LogP contribution in [0.2, 0.25) is 0 Å². The average molecular weight is 114 g/mol. The third kappa shape index (κ3) is 5.70. The highest BCUT2D eigenvalue weighted by atomic mass is 16.5. The number of unbranched alkanes of at least 4 members (excludes halogenated alkanes) is 1. The summed E-state index contributed by atoms with van der Waals surface area (Å²) in [6.07, 6.45) is 6.58. The fourth-order valence-corrected chi connectivity index (χ4v) is 0.449. The minimum Gasteiger partial charge on any atom is -0.381 e. The van der Waals surface area contributed by atoms with E-state index in [1.165, 1.54) is 12.8 Å². The third-order valence-corrected chi connectivity index (χ3v) is 0.885. The van der Waals surface area contributed by atoms with Crippen LogP contribution in [-0.4, -0.2) is 13.7 Å². The number of hydrogen-bond acceptors (Lipinski definition) is 1. The minimum atomic E-state index is 0.750. The smallest absolute Gasteiger partial charge is 0.0643 e. The molecule has 0 radical (unpaired) electrons. The van der Waals surface area contributed by atoms with Gasteiger partial charge in [0.25, 0.3) is 0 Å². The van der Waals surface area contributed by atoms with Crippen molar-refractivity contribution in [3.05, 3.63) is 12.2 Å². The summed E-state index contributed by atoms with van der Waals surface area (Å²) in [7, 11) is 1.70. The Morgan fingerprint density at radius 2 is 2.12 bits per heavy atom. The van der Waals surface area contributed by atoms with Gasteiger partial charge in [0.15, 0.2) is 0 Å². The van der Waals surface area contributed by atoms with Gasteiger partial charge in [0.05, 0.1) is 6.61 Å². The zero-order valence-corrected chi connectivity index (χ0v) is 5.68. The lowest BCUT2D eigenvalue weighted by atomic mass is 10.3. The van der Waals surface area contributed by atoms with Crippen LogP contribution in [0.4, 0.5) is 0 Å². The van der Waals surface area contributed by atoms with Crippen molar-refractivity contribution in [2.45, 2.75) is 19.8 Å². The third-order valence-electron chi connectivity index (χ3n) is 0.885. The Kier molecular flexibility index (Phi) is 6.45. The summed E-state index contributed by atoms with van der Waals surface area (Å²) in [4.78, 5) is 0. The molecule has 1 heteroatoms. The standard InChI is InChI=1S/C7H14O/c1-3-4-5-6-7-8-2/h5-6H,3-4,7H2,1-2H3/b6-5-. The van der Waals surface area contributed by atoms with Crippen molar-refractivity contribution in [2.24, 2.45) is 0 Å². The lowest BCUT2D eigenvalue weighted by Crippen LogP contribution is -1.79. The molecule has 1 nitrogen and oxygen atoms in total. The van der Waals surface area contributed by atoms with Crippen molar-refractivity contribution in [2.75, 3.05) is 13.7 Å². The molecule has 0 atom stereocenters. The minimum absolute atomic E-state index is 0.750. The highest BCUT2D eigenvalue weighted by Gasteiger charge is 1.71. The molecule has 0 saturated heterocycles. The fraction of sp³-hybridized carbons (Fsp3) is 0.714. The van der Waals surface area contributed by atoms with Gasteiger partial charge in [-0.15, -0.1) is 0 Å². The van der Waals surface area contributed by atoms with E-state index in [1.54, 1.807) is 7.11 Å². The molecule has 0 spiro atoms. The number of hydrogen-bond donors (Lipinski definition) is 0. The largest absolute Gasteiger partial charge is 0.381 e. The first kappa shape index (κ1) is 7.70. The quantitative estimate of drug-likeness (QED) is 0.508. The van der Waals surface area contributed by atoms with Crippen LogP contribution in [0.15, 0.2) is 12.2 Å². The molecule has 0 saturated carbocycles. The van der Waals surface area contributed by atoms with E-state index in [0.717, 1.165) is 6.61 Å². The first-order valence-electron chi connectivity index (χ1n) is 3.05. The van der Waals surface area contributed by atoms with Gasteiger partial charge in [-0.25, -0.2) is 0 Å². The summed E-state index contributed by atoms with van der Waals surface area (Å²) in [6, 6.07) is 0. The van der Waals surface area contributed by atoms with E-state index >= 15 is 0 Å². The van der Waals surface area contributed by atoms with Crippen LogP contribution in [0.5, 0.6) is 0 Å². The second kappa shape index (κ2) is 6.70. The monoisotopic (exact) mass is 114 g/mol. The molecule has 48 valence electrons. The van der Waals surface area contributed by atoms with E-state index in [-0.39, 0.29) is 0 Å². The van der Waals surface area contributed by atoms with Gasteiger partial charge in [-0.05, 0) is 6.42 Å². The van der Waals surface area contributed by atoms with Gasteiger partial charge in [-0.3, -0.25) is 0 Å². The van der Waals surface area contributed by atoms with Crippen LogP contribution in [-0.2, 0) is 4.74 Å². The topological polar surface area (TPSA) is 9.23 Å². The van der Waals surface area contributed by atoms with E-state index in [0.29, 0.717) is 0 Å². The molecule has 0 aromatic carbocycles. The van der Waals surface area contributed by atoms with E-state index in [4.69, 9.17) is 4.74 Å². The highest BCUT2D eigenvalue weighted by Crippen LogP contribution is 1.87. The van der Waals surface area contributed by atoms with Crippen molar-refractivity contribution in [3.63, 3.8) is 0 Å². The zero-order valence-electron chi connectivity index (χ0n) is 5.68. The number of methoxy groups -OCH3 is 1. The summed E-state index contributed by atoms with van der Waals surface area (Å²) >= 11 is 0. The summed E-state index contributed by atoms with van der Waals surface area (Å²) in [5.74, 6) is 0. The average Bonchev–Trinajstić information content (AvgIpc) is 1.81. The van der Waals surface area contributed by atoms with Gasteiger partial charge < -0.3 is 4.74 Å². The van der Waals surface area contributed by atoms with Gasteiger partial charge in [0.1, 0.15) is 0 Å². The van der Waals surface area contributed by atoms with Crippen molar-refractivity contribution >= 4 is 0 Å². The van der Waals surface area contributed by atoms with E-state index in [1.807, 2.05) is 6.08 Å². The Bertz CT molecular complexity index is 49.4. The molecule has 0 aliphatic heterocycles. The Balaban J connectivity index is 2.83. The first-order chi connectivity index (χ1) is 3.91. The lowest BCUT2D eigenvalue weighted by Gasteiger charge is -1.86. The molecular formula is C7H14O. The van der Waals surface area contributed by atoms with Crippen LogP contribution < -0.4 is 0 Å². The maximum Gasteiger partial charge on any atom is 0.0643 e. The van der Waals surface area contributed by atoms with Crippen molar-refractivity contribution < 1.29 is 4.74 Å². The maximum absolute atomic E-state index is 4.80. The van der Waals surface area contributed by atoms with Gasteiger partial charge in [0.2, 0.25) is 0 Å². The summed E-state index contributed by atoms with van der Waals surface area (Å²) in [5, 5.41) is 0. The molecule has 0 bridgehead atoms. The van der Waals surface area contributed by atoms with Crippen LogP contribution >= 0.6 is 0 Å². The van der Waals surface area contributed by atoms with E-state index in [2.05, 4.69) is 13.0 Å². The molecule has 0 fully saturated rings. The molecule has 0 unspecified atom stereocenters. The van der Waals surface area contributed by atoms with Crippen molar-refractivity contribution in [3.8, 4) is 0 Å². The molecule has 0 amide bonds. The van der Waals surface area contributed by atoms with Crippen LogP contribution in [0.1, 0.15) is 19.8 Å². The Hall–Kier alpha value is -0.300.